The van der Waals surface area contributed by atoms with E-state index in [1.54, 1.807) is 23.1 Å². The third-order valence-corrected chi connectivity index (χ3v) is 4.22. The summed E-state index contributed by atoms with van der Waals surface area (Å²) in [5, 5.41) is 8.98. The highest BCUT2D eigenvalue weighted by atomic mass is 32.2. The van der Waals surface area contributed by atoms with Gasteiger partial charge in [-0.05, 0) is 24.1 Å². The van der Waals surface area contributed by atoms with Gasteiger partial charge in [0.05, 0.1) is 23.0 Å². The van der Waals surface area contributed by atoms with Crippen LogP contribution in [0.5, 0.6) is 0 Å². The molecule has 2 N–H and O–H groups in total. The number of hydrogen-bond acceptors (Lipinski definition) is 5. The number of benzene rings is 1. The molecule has 104 valence electrons. The molecule has 1 amide bonds. The minimum Gasteiger partial charge on any atom is -0.397 e. The molecule has 1 atom stereocenters. The van der Waals surface area contributed by atoms with Crippen LogP contribution in [0.25, 0.3) is 0 Å². The predicted octanol–water partition coefficient (Wildman–Crippen LogP) is 1.77. The average Bonchev–Trinajstić information content (AvgIpc) is 2.78. The molecule has 0 aromatic heterocycles. The highest BCUT2D eigenvalue weighted by Gasteiger charge is 2.31. The van der Waals surface area contributed by atoms with Crippen molar-refractivity contribution in [1.29, 1.82) is 5.26 Å². The lowest BCUT2D eigenvalue weighted by atomic mass is 10.1. The number of rotatable bonds is 3. The van der Waals surface area contributed by atoms with Gasteiger partial charge in [0.1, 0.15) is 0 Å². The van der Waals surface area contributed by atoms with Crippen LogP contribution in [0, 0.1) is 17.2 Å². The number of thioether (sulfide) groups is 1. The number of nitrogen functional groups attached to an aromatic ring is 1. The van der Waals surface area contributed by atoms with E-state index < -0.39 is 0 Å². The molecular weight excluding hydrogens is 274 g/mol. The second kappa shape index (κ2) is 5.97. The summed E-state index contributed by atoms with van der Waals surface area (Å²) in [5.41, 5.74) is 7.44. The highest BCUT2D eigenvalue weighted by molar-refractivity contribution is 8.13. The minimum absolute atomic E-state index is 0.0130. The van der Waals surface area contributed by atoms with Gasteiger partial charge < -0.3 is 10.6 Å². The molecule has 1 aliphatic heterocycles. The summed E-state index contributed by atoms with van der Waals surface area (Å²) < 4.78 is 0. The molecule has 20 heavy (non-hydrogen) atoms. The van der Waals surface area contributed by atoms with Gasteiger partial charge in [-0.15, -0.1) is 0 Å². The largest absolute Gasteiger partial charge is 0.397 e. The number of nitrogens with zero attached hydrogens (tertiary/aromatic N) is 2. The van der Waals surface area contributed by atoms with E-state index in [0.29, 0.717) is 35.7 Å². The molecule has 1 aromatic rings. The second-order valence-electron chi connectivity index (χ2n) is 4.76. The van der Waals surface area contributed by atoms with Crippen molar-refractivity contribution in [3.8, 4) is 6.07 Å². The number of nitriles is 1. The Morgan fingerprint density at radius 3 is 3.00 bits per heavy atom. The lowest BCUT2D eigenvalue weighted by Crippen LogP contribution is -2.25. The molecule has 1 unspecified atom stereocenters. The van der Waals surface area contributed by atoms with E-state index in [1.807, 2.05) is 6.07 Å². The third-order valence-electron chi connectivity index (χ3n) is 3.18. The fourth-order valence-corrected chi connectivity index (χ4v) is 2.90. The molecule has 0 saturated carbocycles. The second-order valence-corrected chi connectivity index (χ2v) is 5.96. The van der Waals surface area contributed by atoms with Gasteiger partial charge in [-0.25, -0.2) is 0 Å². The number of nitrogens with two attached hydrogens (primary N) is 1. The molecule has 1 aliphatic rings. The monoisotopic (exact) mass is 289 g/mol. The maximum Gasteiger partial charge on any atom is 0.227 e. The zero-order valence-corrected chi connectivity index (χ0v) is 11.9. The molecule has 0 aliphatic carbocycles. The standard InChI is InChI=1S/C14H15N3O2S/c1-9(18)20-8-11-5-14(19)17(7-11)13-4-10(6-15)2-3-12(13)16/h2-4,11H,5,7-8,16H2,1H3. The Hall–Kier alpha value is -2.00. The Morgan fingerprint density at radius 2 is 2.35 bits per heavy atom. The summed E-state index contributed by atoms with van der Waals surface area (Å²) >= 11 is 1.24. The van der Waals surface area contributed by atoms with Crippen molar-refractivity contribution < 1.29 is 9.59 Å². The van der Waals surface area contributed by atoms with Crippen molar-refractivity contribution in [3.05, 3.63) is 23.8 Å². The zero-order chi connectivity index (χ0) is 14.7. The predicted molar refractivity (Wildman–Crippen MR) is 79.2 cm³/mol. The van der Waals surface area contributed by atoms with Crippen LogP contribution in [0.4, 0.5) is 11.4 Å². The van der Waals surface area contributed by atoms with E-state index in [9.17, 15) is 9.59 Å². The van der Waals surface area contributed by atoms with E-state index in [-0.39, 0.29) is 16.9 Å². The summed E-state index contributed by atoms with van der Waals surface area (Å²) in [6.07, 6.45) is 0.413. The molecule has 1 fully saturated rings. The average molecular weight is 289 g/mol. The van der Waals surface area contributed by atoms with Crippen molar-refractivity contribution in [2.75, 3.05) is 22.9 Å². The van der Waals surface area contributed by atoms with Gasteiger partial charge in [0.25, 0.3) is 0 Å². The molecule has 0 radical (unpaired) electrons. The summed E-state index contributed by atoms with van der Waals surface area (Å²) in [6.45, 7) is 2.06. The maximum absolute atomic E-state index is 12.1. The number of carbonyl (C=O) groups excluding carboxylic acids is 2. The maximum atomic E-state index is 12.1. The molecule has 0 spiro atoms. The zero-order valence-electron chi connectivity index (χ0n) is 11.1. The Bertz CT molecular complexity index is 595. The Labute approximate surface area is 121 Å². The van der Waals surface area contributed by atoms with E-state index >= 15 is 0 Å². The lowest BCUT2D eigenvalue weighted by molar-refractivity contribution is -0.117. The number of anilines is 2. The first-order valence-corrected chi connectivity index (χ1v) is 7.23. The number of amides is 1. The van der Waals surface area contributed by atoms with E-state index in [0.717, 1.165) is 0 Å². The first-order valence-electron chi connectivity index (χ1n) is 6.24. The Balaban J connectivity index is 2.16. The number of carbonyl (C=O) groups is 2. The summed E-state index contributed by atoms with van der Waals surface area (Å²) in [6, 6.07) is 6.94. The summed E-state index contributed by atoms with van der Waals surface area (Å²) in [4.78, 5) is 24.7. The van der Waals surface area contributed by atoms with E-state index in [1.165, 1.54) is 18.7 Å². The van der Waals surface area contributed by atoms with Crippen LogP contribution in [-0.4, -0.2) is 23.3 Å². The van der Waals surface area contributed by atoms with Gasteiger partial charge in [-0.2, -0.15) is 5.26 Å². The van der Waals surface area contributed by atoms with Gasteiger partial charge in [0.2, 0.25) is 5.91 Å². The van der Waals surface area contributed by atoms with Crippen molar-refractivity contribution in [2.24, 2.45) is 5.92 Å². The quantitative estimate of drug-likeness (QED) is 0.857. The minimum atomic E-state index is -0.0130. The Morgan fingerprint density at radius 1 is 1.60 bits per heavy atom. The fourth-order valence-electron chi connectivity index (χ4n) is 2.21. The molecule has 5 nitrogen and oxygen atoms in total. The molecule has 1 aromatic carbocycles. The van der Waals surface area contributed by atoms with Crippen molar-refractivity contribution in [1.82, 2.24) is 0 Å². The van der Waals surface area contributed by atoms with Gasteiger partial charge in [0.15, 0.2) is 5.12 Å². The van der Waals surface area contributed by atoms with Crippen molar-refractivity contribution in [3.63, 3.8) is 0 Å². The topological polar surface area (TPSA) is 87.2 Å². The fraction of sp³-hybridized carbons (Fsp3) is 0.357. The lowest BCUT2D eigenvalue weighted by Gasteiger charge is -2.19. The van der Waals surface area contributed by atoms with Crippen LogP contribution in [-0.2, 0) is 9.59 Å². The first-order chi connectivity index (χ1) is 9.51. The third kappa shape index (κ3) is 3.11. The molecular formula is C14H15N3O2S. The van der Waals surface area contributed by atoms with Crippen LogP contribution >= 0.6 is 11.8 Å². The van der Waals surface area contributed by atoms with Gasteiger partial charge in [0, 0.05) is 25.6 Å². The smallest absolute Gasteiger partial charge is 0.227 e. The van der Waals surface area contributed by atoms with Crippen molar-refractivity contribution in [2.45, 2.75) is 13.3 Å². The van der Waals surface area contributed by atoms with Gasteiger partial charge >= 0.3 is 0 Å². The van der Waals surface area contributed by atoms with Crippen molar-refractivity contribution >= 4 is 34.2 Å². The van der Waals surface area contributed by atoms with Crippen LogP contribution in [0.1, 0.15) is 18.9 Å². The summed E-state index contributed by atoms with van der Waals surface area (Å²) in [5.74, 6) is 0.762. The molecule has 2 rings (SSSR count). The molecule has 6 heteroatoms. The van der Waals surface area contributed by atoms with Crippen LogP contribution in [0.2, 0.25) is 0 Å². The number of hydrogen-bond donors (Lipinski definition) is 1. The highest BCUT2D eigenvalue weighted by Crippen LogP contribution is 2.31. The van der Waals surface area contributed by atoms with E-state index in [4.69, 9.17) is 11.0 Å². The van der Waals surface area contributed by atoms with E-state index in [2.05, 4.69) is 0 Å². The van der Waals surface area contributed by atoms with Crippen LogP contribution < -0.4 is 10.6 Å². The normalized spacial score (nSPS) is 18.1. The molecule has 0 bridgehead atoms. The Kier molecular flexibility index (Phi) is 4.30. The first kappa shape index (κ1) is 14.4. The van der Waals surface area contributed by atoms with Gasteiger partial charge in [-0.3, -0.25) is 9.59 Å². The SMILES string of the molecule is CC(=O)SCC1CC(=O)N(c2cc(C#N)ccc2N)C1. The van der Waals surface area contributed by atoms with Crippen LogP contribution in [0.3, 0.4) is 0 Å². The molecule has 1 saturated heterocycles. The molecule has 1 heterocycles. The van der Waals surface area contributed by atoms with Gasteiger partial charge in [-0.1, -0.05) is 11.8 Å². The summed E-state index contributed by atoms with van der Waals surface area (Å²) in [7, 11) is 0. The van der Waals surface area contributed by atoms with Crippen LogP contribution in [0.15, 0.2) is 18.2 Å².